The highest BCUT2D eigenvalue weighted by Gasteiger charge is 2.42. The van der Waals surface area contributed by atoms with Crippen LogP contribution in [0.5, 0.6) is 0 Å². The van der Waals surface area contributed by atoms with E-state index in [0.717, 1.165) is 37.5 Å². The van der Waals surface area contributed by atoms with Crippen molar-refractivity contribution < 1.29 is 4.79 Å². The lowest BCUT2D eigenvalue weighted by Crippen LogP contribution is -2.47. The standard InChI is InChI=1S/C17H32N2O/c1-5-7-15-17(20)19(16(18-15)8-6-2)14-10-9-12(3)13(4)11-14/h12-16,18H,5-11H2,1-4H3. The van der Waals surface area contributed by atoms with Crippen LogP contribution in [0.15, 0.2) is 0 Å². The predicted octanol–water partition coefficient (Wildman–Crippen LogP) is 3.54. The molecule has 5 atom stereocenters. The molecule has 0 aromatic carbocycles. The van der Waals surface area contributed by atoms with E-state index >= 15 is 0 Å². The van der Waals surface area contributed by atoms with E-state index in [0.29, 0.717) is 11.9 Å². The largest absolute Gasteiger partial charge is 0.323 e. The van der Waals surface area contributed by atoms with E-state index in [9.17, 15) is 4.79 Å². The van der Waals surface area contributed by atoms with Gasteiger partial charge in [0.1, 0.15) is 0 Å². The molecule has 5 unspecified atom stereocenters. The molecule has 1 amide bonds. The number of nitrogens with zero attached hydrogens (tertiary/aromatic N) is 1. The minimum Gasteiger partial charge on any atom is -0.323 e. The quantitative estimate of drug-likeness (QED) is 0.835. The molecule has 1 N–H and O–H groups in total. The van der Waals surface area contributed by atoms with Crippen LogP contribution in [-0.4, -0.2) is 29.1 Å². The minimum absolute atomic E-state index is 0.0752. The van der Waals surface area contributed by atoms with Crippen molar-refractivity contribution in [2.75, 3.05) is 0 Å². The Hall–Kier alpha value is -0.570. The SMILES string of the molecule is CCCC1NC(CCC)N(C2CCC(C)C(C)C2)C1=O. The third-order valence-corrected chi connectivity index (χ3v) is 5.39. The molecular weight excluding hydrogens is 248 g/mol. The van der Waals surface area contributed by atoms with Crippen molar-refractivity contribution >= 4 is 5.91 Å². The molecule has 116 valence electrons. The Morgan fingerprint density at radius 3 is 2.40 bits per heavy atom. The molecule has 0 radical (unpaired) electrons. The zero-order valence-electron chi connectivity index (χ0n) is 13.7. The first-order chi connectivity index (χ1) is 9.58. The first-order valence-electron chi connectivity index (χ1n) is 8.66. The van der Waals surface area contributed by atoms with Gasteiger partial charge >= 0.3 is 0 Å². The maximum absolute atomic E-state index is 12.7. The van der Waals surface area contributed by atoms with E-state index < -0.39 is 0 Å². The number of nitrogens with one attached hydrogen (secondary N) is 1. The summed E-state index contributed by atoms with van der Waals surface area (Å²) < 4.78 is 0. The molecule has 20 heavy (non-hydrogen) atoms. The molecular formula is C17H32N2O. The van der Waals surface area contributed by atoms with E-state index in [4.69, 9.17) is 0 Å². The maximum Gasteiger partial charge on any atom is 0.241 e. The second-order valence-corrected chi connectivity index (χ2v) is 6.98. The van der Waals surface area contributed by atoms with Crippen molar-refractivity contribution in [1.29, 1.82) is 0 Å². The van der Waals surface area contributed by atoms with Crippen molar-refractivity contribution in [3.8, 4) is 0 Å². The lowest BCUT2D eigenvalue weighted by atomic mass is 9.78. The summed E-state index contributed by atoms with van der Waals surface area (Å²) in [7, 11) is 0. The van der Waals surface area contributed by atoms with Crippen molar-refractivity contribution in [3.63, 3.8) is 0 Å². The smallest absolute Gasteiger partial charge is 0.241 e. The normalized spacial score (nSPS) is 38.5. The zero-order chi connectivity index (χ0) is 14.7. The number of amides is 1. The van der Waals surface area contributed by atoms with Gasteiger partial charge in [-0.1, -0.05) is 40.5 Å². The van der Waals surface area contributed by atoms with E-state index in [1.807, 2.05) is 0 Å². The van der Waals surface area contributed by atoms with Crippen LogP contribution < -0.4 is 5.32 Å². The van der Waals surface area contributed by atoms with Crippen LogP contribution >= 0.6 is 0 Å². The molecule has 0 bridgehead atoms. The molecule has 0 aromatic heterocycles. The second kappa shape index (κ2) is 6.93. The molecule has 3 heteroatoms. The van der Waals surface area contributed by atoms with Gasteiger partial charge in [-0.05, 0) is 43.9 Å². The fourth-order valence-electron chi connectivity index (χ4n) is 3.91. The maximum atomic E-state index is 12.7. The summed E-state index contributed by atoms with van der Waals surface area (Å²) in [4.78, 5) is 15.0. The average molecular weight is 280 g/mol. The van der Waals surface area contributed by atoms with Crippen LogP contribution in [0.4, 0.5) is 0 Å². The van der Waals surface area contributed by atoms with Gasteiger partial charge < -0.3 is 4.90 Å². The lowest BCUT2D eigenvalue weighted by molar-refractivity contribution is -0.133. The molecule has 1 aliphatic heterocycles. The van der Waals surface area contributed by atoms with Gasteiger partial charge in [0.15, 0.2) is 0 Å². The summed E-state index contributed by atoms with van der Waals surface area (Å²) in [6.45, 7) is 9.08. The van der Waals surface area contributed by atoms with Gasteiger partial charge in [-0.15, -0.1) is 0 Å². The Balaban J connectivity index is 2.08. The Bertz CT molecular complexity index is 331. The zero-order valence-corrected chi connectivity index (χ0v) is 13.7. The van der Waals surface area contributed by atoms with Gasteiger partial charge in [-0.3, -0.25) is 10.1 Å². The van der Waals surface area contributed by atoms with Crippen LogP contribution in [0.3, 0.4) is 0 Å². The number of carbonyl (C=O) groups is 1. The molecule has 2 aliphatic rings. The number of rotatable bonds is 5. The third-order valence-electron chi connectivity index (χ3n) is 5.39. The highest BCUT2D eigenvalue weighted by atomic mass is 16.2. The highest BCUT2D eigenvalue weighted by Crippen LogP contribution is 2.35. The van der Waals surface area contributed by atoms with Crippen molar-refractivity contribution in [1.82, 2.24) is 10.2 Å². The Labute approximate surface area is 124 Å². The second-order valence-electron chi connectivity index (χ2n) is 6.98. The van der Waals surface area contributed by atoms with E-state index in [-0.39, 0.29) is 12.2 Å². The minimum atomic E-state index is 0.0752. The lowest BCUT2D eigenvalue weighted by Gasteiger charge is -2.39. The summed E-state index contributed by atoms with van der Waals surface area (Å²) >= 11 is 0. The molecule has 0 aromatic rings. The monoisotopic (exact) mass is 280 g/mol. The van der Waals surface area contributed by atoms with E-state index in [1.165, 1.54) is 19.3 Å². The third kappa shape index (κ3) is 3.19. The van der Waals surface area contributed by atoms with Gasteiger partial charge in [0.25, 0.3) is 0 Å². The molecule has 2 fully saturated rings. The Morgan fingerprint density at radius 2 is 1.80 bits per heavy atom. The van der Waals surface area contributed by atoms with E-state index in [2.05, 4.69) is 37.9 Å². The first kappa shape index (κ1) is 15.8. The predicted molar refractivity (Wildman–Crippen MR) is 83.3 cm³/mol. The molecule has 2 rings (SSSR count). The molecule has 1 saturated heterocycles. The van der Waals surface area contributed by atoms with Crippen LogP contribution in [0, 0.1) is 11.8 Å². The Kier molecular flexibility index (Phi) is 5.48. The molecule has 1 heterocycles. The number of hydrogen-bond acceptors (Lipinski definition) is 2. The van der Waals surface area contributed by atoms with Crippen molar-refractivity contribution in [2.24, 2.45) is 11.8 Å². The topological polar surface area (TPSA) is 32.3 Å². The number of carbonyl (C=O) groups excluding carboxylic acids is 1. The van der Waals surface area contributed by atoms with Crippen LogP contribution in [-0.2, 0) is 4.79 Å². The number of hydrogen-bond donors (Lipinski definition) is 1. The van der Waals surface area contributed by atoms with Crippen LogP contribution in [0.25, 0.3) is 0 Å². The fraction of sp³-hybridized carbons (Fsp3) is 0.941. The fourth-order valence-corrected chi connectivity index (χ4v) is 3.91. The van der Waals surface area contributed by atoms with E-state index in [1.54, 1.807) is 0 Å². The highest BCUT2D eigenvalue weighted by molar-refractivity contribution is 5.84. The summed E-state index contributed by atoms with van der Waals surface area (Å²) in [5.74, 6) is 1.93. The molecule has 3 nitrogen and oxygen atoms in total. The van der Waals surface area contributed by atoms with Gasteiger partial charge in [0.2, 0.25) is 5.91 Å². The van der Waals surface area contributed by atoms with Crippen molar-refractivity contribution in [2.45, 2.75) is 90.9 Å². The van der Waals surface area contributed by atoms with Gasteiger partial charge in [0.05, 0.1) is 12.2 Å². The van der Waals surface area contributed by atoms with Gasteiger partial charge in [-0.2, -0.15) is 0 Å². The molecule has 1 saturated carbocycles. The van der Waals surface area contributed by atoms with Crippen LogP contribution in [0.1, 0.15) is 72.6 Å². The summed E-state index contributed by atoms with van der Waals surface area (Å²) in [6.07, 6.45) is 8.22. The Morgan fingerprint density at radius 1 is 1.10 bits per heavy atom. The van der Waals surface area contributed by atoms with Gasteiger partial charge in [-0.25, -0.2) is 0 Å². The van der Waals surface area contributed by atoms with Gasteiger partial charge in [0, 0.05) is 6.04 Å². The molecule has 0 spiro atoms. The summed E-state index contributed by atoms with van der Waals surface area (Å²) in [5.41, 5.74) is 0. The molecule has 1 aliphatic carbocycles. The average Bonchev–Trinajstić information content (AvgIpc) is 2.71. The first-order valence-corrected chi connectivity index (χ1v) is 8.66. The van der Waals surface area contributed by atoms with Crippen molar-refractivity contribution in [3.05, 3.63) is 0 Å². The summed E-state index contributed by atoms with van der Waals surface area (Å²) in [6, 6.07) is 0.547. The van der Waals surface area contributed by atoms with Crippen LogP contribution in [0.2, 0.25) is 0 Å². The summed E-state index contributed by atoms with van der Waals surface area (Å²) in [5, 5.41) is 3.59.